The average molecular weight is 224 g/mol. The molecule has 0 aromatic rings. The first-order valence-electron chi connectivity index (χ1n) is 6.13. The lowest BCUT2D eigenvalue weighted by molar-refractivity contribution is -0.136. The third-order valence-corrected chi connectivity index (χ3v) is 3.86. The molecule has 2 atom stereocenters. The van der Waals surface area contributed by atoms with E-state index in [4.69, 9.17) is 5.21 Å². The Hall–Kier alpha value is -1.06. The van der Waals surface area contributed by atoms with E-state index in [-0.39, 0.29) is 17.7 Å². The van der Waals surface area contributed by atoms with E-state index in [1.54, 1.807) is 0 Å². The van der Waals surface area contributed by atoms with Crippen LogP contribution in [0.25, 0.3) is 0 Å². The van der Waals surface area contributed by atoms with E-state index in [2.05, 4.69) is 5.16 Å². The monoisotopic (exact) mass is 224 g/mol. The Bertz CT molecular complexity index is 310. The van der Waals surface area contributed by atoms with Gasteiger partial charge in [-0.3, -0.25) is 4.79 Å². The molecule has 1 heterocycles. The van der Waals surface area contributed by atoms with Gasteiger partial charge in [0.2, 0.25) is 5.91 Å². The summed E-state index contributed by atoms with van der Waals surface area (Å²) in [6.07, 6.45) is 3.13. The zero-order chi connectivity index (χ0) is 11.7. The Kier molecular flexibility index (Phi) is 3.17. The molecule has 2 fully saturated rings. The molecule has 1 amide bonds. The molecule has 0 aromatic heterocycles. The van der Waals surface area contributed by atoms with Crippen molar-refractivity contribution < 1.29 is 10.0 Å². The summed E-state index contributed by atoms with van der Waals surface area (Å²) in [5.74, 6) is 1.27. The summed E-state index contributed by atoms with van der Waals surface area (Å²) < 4.78 is 0. The van der Waals surface area contributed by atoms with Gasteiger partial charge in [-0.05, 0) is 18.8 Å². The van der Waals surface area contributed by atoms with Crippen LogP contribution in [0.2, 0.25) is 0 Å². The third-order valence-electron chi connectivity index (χ3n) is 3.86. The van der Waals surface area contributed by atoms with Gasteiger partial charge in [-0.25, -0.2) is 0 Å². The highest BCUT2D eigenvalue weighted by molar-refractivity contribution is 5.89. The Labute approximate surface area is 96.3 Å². The molecule has 0 radical (unpaired) electrons. The number of hydrogen-bond donors (Lipinski definition) is 1. The van der Waals surface area contributed by atoms with Gasteiger partial charge < -0.3 is 10.1 Å². The van der Waals surface area contributed by atoms with Crippen molar-refractivity contribution in [3.63, 3.8) is 0 Å². The van der Waals surface area contributed by atoms with Crippen molar-refractivity contribution in [2.45, 2.75) is 33.1 Å². The predicted molar refractivity (Wildman–Crippen MR) is 61.5 cm³/mol. The Morgan fingerprint density at radius 2 is 2.25 bits per heavy atom. The van der Waals surface area contributed by atoms with Crippen molar-refractivity contribution >= 4 is 11.6 Å². The number of nitrogens with zero attached hydrogens (tertiary/aromatic N) is 2. The molecule has 0 spiro atoms. The van der Waals surface area contributed by atoms with E-state index in [1.165, 1.54) is 12.8 Å². The number of carbonyl (C=O) groups excluding carboxylic acids is 1. The molecule has 1 saturated heterocycles. The number of amides is 1. The summed E-state index contributed by atoms with van der Waals surface area (Å²) in [7, 11) is 0. The van der Waals surface area contributed by atoms with Crippen LogP contribution in [-0.4, -0.2) is 34.8 Å². The van der Waals surface area contributed by atoms with Gasteiger partial charge in [0.25, 0.3) is 0 Å². The summed E-state index contributed by atoms with van der Waals surface area (Å²) >= 11 is 0. The molecule has 16 heavy (non-hydrogen) atoms. The van der Waals surface area contributed by atoms with E-state index < -0.39 is 0 Å². The minimum atomic E-state index is 0.180. The van der Waals surface area contributed by atoms with Crippen LogP contribution in [0.5, 0.6) is 0 Å². The number of oxime groups is 1. The van der Waals surface area contributed by atoms with Gasteiger partial charge >= 0.3 is 0 Å². The average Bonchev–Trinajstić information content (AvgIpc) is 3.11. The predicted octanol–water partition coefficient (Wildman–Crippen LogP) is 1.73. The highest BCUT2D eigenvalue weighted by atomic mass is 16.4. The molecule has 0 bridgehead atoms. The first kappa shape index (κ1) is 11.4. The minimum Gasteiger partial charge on any atom is -0.411 e. The van der Waals surface area contributed by atoms with E-state index >= 15 is 0 Å². The standard InChI is InChI=1S/C12H20N2O2/c1-8-7-14(6-5-11(8)13-16)12(15)9(2)10-3-4-10/h8-10,16H,3-7H2,1-2H3. The highest BCUT2D eigenvalue weighted by Gasteiger charge is 2.36. The van der Waals surface area contributed by atoms with Crippen molar-refractivity contribution in [1.29, 1.82) is 0 Å². The summed E-state index contributed by atoms with van der Waals surface area (Å²) in [5, 5.41) is 12.1. The normalized spacial score (nSPS) is 30.5. The Morgan fingerprint density at radius 3 is 2.75 bits per heavy atom. The van der Waals surface area contributed by atoms with Crippen molar-refractivity contribution in [2.24, 2.45) is 22.9 Å². The van der Waals surface area contributed by atoms with Crippen LogP contribution in [0.1, 0.15) is 33.1 Å². The lowest BCUT2D eigenvalue weighted by Crippen LogP contribution is -2.45. The summed E-state index contributed by atoms with van der Waals surface area (Å²) in [6, 6.07) is 0. The van der Waals surface area contributed by atoms with Crippen molar-refractivity contribution in [1.82, 2.24) is 4.90 Å². The third kappa shape index (κ3) is 2.20. The van der Waals surface area contributed by atoms with Crippen LogP contribution in [0, 0.1) is 17.8 Å². The lowest BCUT2D eigenvalue weighted by Gasteiger charge is -2.33. The molecule has 1 aliphatic heterocycles. The lowest BCUT2D eigenvalue weighted by atomic mass is 9.95. The number of hydrogen-bond acceptors (Lipinski definition) is 3. The van der Waals surface area contributed by atoms with Crippen molar-refractivity contribution in [3.8, 4) is 0 Å². The smallest absolute Gasteiger partial charge is 0.225 e. The first-order valence-corrected chi connectivity index (χ1v) is 6.13. The molecule has 4 nitrogen and oxygen atoms in total. The van der Waals surface area contributed by atoms with Crippen LogP contribution in [0.15, 0.2) is 5.16 Å². The van der Waals surface area contributed by atoms with Crippen LogP contribution in [0.3, 0.4) is 0 Å². The second kappa shape index (κ2) is 4.44. The molecule has 1 saturated carbocycles. The largest absolute Gasteiger partial charge is 0.411 e. The Balaban J connectivity index is 1.93. The van der Waals surface area contributed by atoms with Crippen LogP contribution >= 0.6 is 0 Å². The molecule has 90 valence electrons. The zero-order valence-corrected chi connectivity index (χ0v) is 10.0. The van der Waals surface area contributed by atoms with Gasteiger partial charge in [0.05, 0.1) is 5.71 Å². The molecule has 2 rings (SSSR count). The number of piperidine rings is 1. The van der Waals surface area contributed by atoms with E-state index in [9.17, 15) is 4.79 Å². The molecular weight excluding hydrogens is 204 g/mol. The number of carbonyl (C=O) groups is 1. The fourth-order valence-corrected chi connectivity index (χ4v) is 2.46. The van der Waals surface area contributed by atoms with Gasteiger partial charge in [0.1, 0.15) is 0 Å². The molecule has 1 N–H and O–H groups in total. The minimum absolute atomic E-state index is 0.180. The molecule has 0 aromatic carbocycles. The molecule has 2 unspecified atom stereocenters. The fourth-order valence-electron chi connectivity index (χ4n) is 2.46. The van der Waals surface area contributed by atoms with Gasteiger partial charge in [0.15, 0.2) is 0 Å². The van der Waals surface area contributed by atoms with Crippen molar-refractivity contribution in [3.05, 3.63) is 0 Å². The SMILES string of the molecule is CC1CN(C(=O)C(C)C2CC2)CCC1=NO. The summed E-state index contributed by atoms with van der Waals surface area (Å²) in [4.78, 5) is 14.1. The number of rotatable bonds is 2. The fraction of sp³-hybridized carbons (Fsp3) is 0.833. The van der Waals surface area contributed by atoms with E-state index in [0.29, 0.717) is 25.4 Å². The number of likely N-dealkylation sites (tertiary alicyclic amines) is 1. The second-order valence-corrected chi connectivity index (χ2v) is 5.15. The van der Waals surface area contributed by atoms with E-state index in [1.807, 2.05) is 18.7 Å². The van der Waals surface area contributed by atoms with E-state index in [0.717, 1.165) is 5.71 Å². The van der Waals surface area contributed by atoms with Gasteiger partial charge in [-0.1, -0.05) is 19.0 Å². The van der Waals surface area contributed by atoms with Gasteiger partial charge in [-0.15, -0.1) is 0 Å². The quantitative estimate of drug-likeness (QED) is 0.573. The highest BCUT2D eigenvalue weighted by Crippen LogP contribution is 2.37. The maximum atomic E-state index is 12.1. The van der Waals surface area contributed by atoms with Crippen LogP contribution < -0.4 is 0 Å². The second-order valence-electron chi connectivity index (χ2n) is 5.15. The molecule has 1 aliphatic carbocycles. The maximum absolute atomic E-state index is 12.1. The van der Waals surface area contributed by atoms with Crippen LogP contribution in [0.4, 0.5) is 0 Å². The van der Waals surface area contributed by atoms with Crippen molar-refractivity contribution in [2.75, 3.05) is 13.1 Å². The van der Waals surface area contributed by atoms with Gasteiger partial charge in [-0.2, -0.15) is 0 Å². The maximum Gasteiger partial charge on any atom is 0.225 e. The zero-order valence-electron chi connectivity index (χ0n) is 10.0. The van der Waals surface area contributed by atoms with Gasteiger partial charge in [0, 0.05) is 31.3 Å². The topological polar surface area (TPSA) is 52.9 Å². The summed E-state index contributed by atoms with van der Waals surface area (Å²) in [5.41, 5.74) is 0.822. The molecular formula is C12H20N2O2. The first-order chi connectivity index (χ1) is 7.63. The van der Waals surface area contributed by atoms with Crippen LogP contribution in [-0.2, 0) is 4.79 Å². The molecule has 2 aliphatic rings. The summed E-state index contributed by atoms with van der Waals surface area (Å²) in [6.45, 7) is 5.46. The Morgan fingerprint density at radius 1 is 1.56 bits per heavy atom. The molecule has 4 heteroatoms.